The van der Waals surface area contributed by atoms with Crippen molar-refractivity contribution in [3.63, 3.8) is 0 Å². The Balaban J connectivity index is 1.49. The molecule has 0 aliphatic carbocycles. The summed E-state index contributed by atoms with van der Waals surface area (Å²) in [4.78, 5) is 13.2. The molecule has 160 valence electrons. The van der Waals surface area contributed by atoms with Crippen LogP contribution in [0.5, 0.6) is 23.0 Å². The fraction of sp³-hybridized carbons (Fsp3) is 0.217. The lowest BCUT2D eigenvalue weighted by Crippen LogP contribution is -2.02. The molecule has 4 rings (SSSR count). The van der Waals surface area contributed by atoms with Gasteiger partial charge < -0.3 is 23.9 Å². The van der Waals surface area contributed by atoms with E-state index in [9.17, 15) is 0 Å². The third-order valence-electron chi connectivity index (χ3n) is 4.67. The van der Waals surface area contributed by atoms with Crippen molar-refractivity contribution < 1.29 is 18.9 Å². The molecule has 0 saturated heterocycles. The number of pyridine rings is 1. The van der Waals surface area contributed by atoms with Crippen LogP contribution in [0.25, 0.3) is 22.6 Å². The summed E-state index contributed by atoms with van der Waals surface area (Å²) < 4.78 is 22.2. The van der Waals surface area contributed by atoms with Crippen LogP contribution < -0.4 is 18.9 Å². The highest BCUT2D eigenvalue weighted by Crippen LogP contribution is 2.35. The normalized spacial score (nSPS) is 10.8. The first-order valence-corrected chi connectivity index (χ1v) is 10.7. The maximum atomic E-state index is 6.12. The molecule has 0 atom stereocenters. The van der Waals surface area contributed by atoms with E-state index in [2.05, 4.69) is 15.0 Å². The molecule has 2 aromatic heterocycles. The van der Waals surface area contributed by atoms with Gasteiger partial charge in [-0.05, 0) is 36.4 Å². The number of benzene rings is 2. The first-order chi connectivity index (χ1) is 15.2. The van der Waals surface area contributed by atoms with Gasteiger partial charge in [0.15, 0.2) is 5.65 Å². The standard InChI is InChI=1S/C23H23N3O4S/c1-27-15-6-8-17(22-25-18-5-4-10-24-23(18)26-22)19(13-15)30-11-12-31-21-9-7-16(28-2)14-20(21)29-3/h4-10,13-14H,11-12H2,1-3H3,(H,24,25,26). The minimum atomic E-state index is 0.499. The number of hydrogen-bond donors (Lipinski definition) is 1. The van der Waals surface area contributed by atoms with Gasteiger partial charge in [-0.15, -0.1) is 11.8 Å². The number of nitrogens with one attached hydrogen (secondary N) is 1. The van der Waals surface area contributed by atoms with Crippen molar-refractivity contribution in [2.75, 3.05) is 33.7 Å². The Morgan fingerprint density at radius 1 is 0.903 bits per heavy atom. The lowest BCUT2D eigenvalue weighted by molar-refractivity contribution is 0.340. The number of hydrogen-bond acceptors (Lipinski definition) is 7. The molecule has 0 amide bonds. The zero-order chi connectivity index (χ0) is 21.6. The second-order valence-electron chi connectivity index (χ2n) is 6.54. The molecule has 2 aromatic carbocycles. The Morgan fingerprint density at radius 3 is 2.42 bits per heavy atom. The van der Waals surface area contributed by atoms with Gasteiger partial charge in [0.25, 0.3) is 0 Å². The number of methoxy groups -OCH3 is 3. The molecule has 31 heavy (non-hydrogen) atoms. The highest BCUT2D eigenvalue weighted by Gasteiger charge is 2.13. The molecule has 2 heterocycles. The Kier molecular flexibility index (Phi) is 6.47. The fourth-order valence-electron chi connectivity index (χ4n) is 3.11. The molecule has 0 radical (unpaired) electrons. The summed E-state index contributed by atoms with van der Waals surface area (Å²) in [5.74, 6) is 4.40. The number of aromatic amines is 1. The molecule has 0 aliphatic heterocycles. The minimum Gasteiger partial charge on any atom is -0.497 e. The van der Waals surface area contributed by atoms with Crippen molar-refractivity contribution in [2.24, 2.45) is 0 Å². The Labute approximate surface area is 184 Å². The Hall–Kier alpha value is -3.39. The summed E-state index contributed by atoms with van der Waals surface area (Å²) in [6.45, 7) is 0.499. The van der Waals surface area contributed by atoms with Gasteiger partial charge >= 0.3 is 0 Å². The third kappa shape index (κ3) is 4.69. The number of rotatable bonds is 9. The Morgan fingerprint density at radius 2 is 1.68 bits per heavy atom. The molecule has 0 saturated carbocycles. The van der Waals surface area contributed by atoms with Crippen LogP contribution in [0.1, 0.15) is 0 Å². The largest absolute Gasteiger partial charge is 0.497 e. The Bertz CT molecular complexity index is 1150. The molecule has 1 N–H and O–H groups in total. The summed E-state index contributed by atoms with van der Waals surface area (Å²) >= 11 is 1.66. The van der Waals surface area contributed by atoms with Crippen molar-refractivity contribution in [3.8, 4) is 34.4 Å². The quantitative estimate of drug-likeness (QED) is 0.297. The van der Waals surface area contributed by atoms with Crippen molar-refractivity contribution in [2.45, 2.75) is 4.90 Å². The van der Waals surface area contributed by atoms with Gasteiger partial charge in [0.2, 0.25) is 0 Å². The van der Waals surface area contributed by atoms with Crippen LogP contribution in [0.3, 0.4) is 0 Å². The van der Waals surface area contributed by atoms with Crippen molar-refractivity contribution in [1.82, 2.24) is 15.0 Å². The van der Waals surface area contributed by atoms with Crippen LogP contribution in [-0.4, -0.2) is 48.6 Å². The van der Waals surface area contributed by atoms with Crippen LogP contribution >= 0.6 is 11.8 Å². The SMILES string of the molecule is COc1ccc(SCCOc2cc(OC)ccc2-c2nc3ncccc3[nH]2)c(OC)c1. The number of nitrogens with zero attached hydrogens (tertiary/aromatic N) is 2. The van der Waals surface area contributed by atoms with Gasteiger partial charge in [-0.25, -0.2) is 9.97 Å². The van der Waals surface area contributed by atoms with E-state index in [0.717, 1.165) is 39.0 Å². The second kappa shape index (κ2) is 9.61. The molecule has 0 unspecified atom stereocenters. The molecule has 0 aliphatic rings. The van der Waals surface area contributed by atoms with Gasteiger partial charge in [0.05, 0.1) is 39.0 Å². The predicted molar refractivity (Wildman–Crippen MR) is 122 cm³/mol. The van der Waals surface area contributed by atoms with E-state index in [4.69, 9.17) is 18.9 Å². The summed E-state index contributed by atoms with van der Waals surface area (Å²) in [7, 11) is 4.93. The van der Waals surface area contributed by atoms with E-state index in [-0.39, 0.29) is 0 Å². The third-order valence-corrected chi connectivity index (χ3v) is 5.69. The first kappa shape index (κ1) is 20.9. The summed E-state index contributed by atoms with van der Waals surface area (Å²) in [5, 5.41) is 0. The highest BCUT2D eigenvalue weighted by atomic mass is 32.2. The first-order valence-electron chi connectivity index (χ1n) is 9.68. The van der Waals surface area contributed by atoms with Crippen LogP contribution in [0, 0.1) is 0 Å². The van der Waals surface area contributed by atoms with Crippen LogP contribution in [0.4, 0.5) is 0 Å². The van der Waals surface area contributed by atoms with Crippen LogP contribution in [-0.2, 0) is 0 Å². The van der Waals surface area contributed by atoms with E-state index in [1.165, 1.54) is 0 Å². The highest BCUT2D eigenvalue weighted by molar-refractivity contribution is 7.99. The molecule has 7 nitrogen and oxygen atoms in total. The number of fused-ring (bicyclic) bond motifs is 1. The molecule has 4 aromatic rings. The molecule has 0 fully saturated rings. The topological polar surface area (TPSA) is 78.5 Å². The lowest BCUT2D eigenvalue weighted by atomic mass is 10.2. The van der Waals surface area contributed by atoms with E-state index in [0.29, 0.717) is 23.8 Å². The number of aromatic nitrogens is 3. The fourth-order valence-corrected chi connectivity index (χ4v) is 3.95. The van der Waals surface area contributed by atoms with Crippen LogP contribution in [0.15, 0.2) is 59.6 Å². The lowest BCUT2D eigenvalue weighted by Gasteiger charge is -2.13. The monoisotopic (exact) mass is 437 g/mol. The summed E-state index contributed by atoms with van der Waals surface area (Å²) in [5.41, 5.74) is 2.40. The van der Waals surface area contributed by atoms with Gasteiger partial charge in [-0.3, -0.25) is 0 Å². The van der Waals surface area contributed by atoms with Gasteiger partial charge in [0, 0.05) is 29.0 Å². The van der Waals surface area contributed by atoms with E-state index in [1.54, 1.807) is 39.3 Å². The van der Waals surface area contributed by atoms with Gasteiger partial charge in [-0.2, -0.15) is 0 Å². The zero-order valence-corrected chi connectivity index (χ0v) is 18.4. The zero-order valence-electron chi connectivity index (χ0n) is 17.5. The molecule has 0 spiro atoms. The van der Waals surface area contributed by atoms with Crippen molar-refractivity contribution in [1.29, 1.82) is 0 Å². The molecule has 0 bridgehead atoms. The van der Waals surface area contributed by atoms with Crippen LogP contribution in [0.2, 0.25) is 0 Å². The van der Waals surface area contributed by atoms with Gasteiger partial charge in [-0.1, -0.05) is 0 Å². The average Bonchev–Trinajstić information content (AvgIpc) is 3.25. The molecule has 8 heteroatoms. The van der Waals surface area contributed by atoms with Gasteiger partial charge in [0.1, 0.15) is 28.8 Å². The number of imidazole rings is 1. The summed E-state index contributed by atoms with van der Waals surface area (Å²) in [6.07, 6.45) is 1.73. The maximum Gasteiger partial charge on any atom is 0.178 e. The second-order valence-corrected chi connectivity index (χ2v) is 7.67. The van der Waals surface area contributed by atoms with E-state index >= 15 is 0 Å². The summed E-state index contributed by atoms with van der Waals surface area (Å²) in [6, 6.07) is 15.3. The molecular weight excluding hydrogens is 414 g/mol. The number of ether oxygens (including phenoxy) is 4. The molecular formula is C23H23N3O4S. The van der Waals surface area contributed by atoms with Crippen molar-refractivity contribution >= 4 is 22.9 Å². The smallest absolute Gasteiger partial charge is 0.178 e. The average molecular weight is 438 g/mol. The van der Waals surface area contributed by atoms with E-state index < -0.39 is 0 Å². The minimum absolute atomic E-state index is 0.499. The number of H-pyrrole nitrogens is 1. The maximum absolute atomic E-state index is 6.12. The number of thioether (sulfide) groups is 1. The van der Waals surface area contributed by atoms with Crippen molar-refractivity contribution in [3.05, 3.63) is 54.7 Å². The van der Waals surface area contributed by atoms with E-state index in [1.807, 2.05) is 48.5 Å². The predicted octanol–water partition coefficient (Wildman–Crippen LogP) is 4.82.